The molecule has 0 aromatic carbocycles. The van der Waals surface area contributed by atoms with Crippen molar-refractivity contribution in [1.29, 1.82) is 0 Å². The lowest BCUT2D eigenvalue weighted by atomic mass is 10.3. The third-order valence-corrected chi connectivity index (χ3v) is 2.60. The fourth-order valence-electron chi connectivity index (χ4n) is 1.56. The second-order valence-corrected chi connectivity index (χ2v) is 4.43. The Bertz CT molecular complexity index is 777. The number of amides is 1. The molecule has 1 amide bonds. The maximum atomic E-state index is 12.6. The van der Waals surface area contributed by atoms with Gasteiger partial charge in [0.05, 0.1) is 11.1 Å². The number of hydrogen-bond donors (Lipinski definition) is 1. The highest BCUT2D eigenvalue weighted by Crippen LogP contribution is 2.29. The van der Waals surface area contributed by atoms with Gasteiger partial charge < -0.3 is 10.1 Å². The monoisotopic (exact) mass is 318 g/mol. The van der Waals surface area contributed by atoms with Crippen LogP contribution in [0.3, 0.4) is 0 Å². The Balaban J connectivity index is 2.17. The van der Waals surface area contributed by atoms with Crippen molar-refractivity contribution < 1.29 is 18.8 Å². The van der Waals surface area contributed by atoms with E-state index in [0.717, 1.165) is 0 Å². The van der Waals surface area contributed by atoms with Gasteiger partial charge >= 0.3 is 5.69 Å². The van der Waals surface area contributed by atoms with Gasteiger partial charge in [-0.15, -0.1) is 0 Å². The van der Waals surface area contributed by atoms with E-state index in [-0.39, 0.29) is 23.1 Å². The normalized spacial score (nSPS) is 10.0. The van der Waals surface area contributed by atoms with Crippen molar-refractivity contribution in [3.8, 4) is 11.6 Å². The molecule has 2 aromatic rings. The van der Waals surface area contributed by atoms with E-state index in [4.69, 9.17) is 4.74 Å². The van der Waals surface area contributed by atoms with Crippen molar-refractivity contribution in [1.82, 2.24) is 9.97 Å². The molecule has 9 heteroatoms. The summed E-state index contributed by atoms with van der Waals surface area (Å²) < 4.78 is 17.9. The number of nitrogens with one attached hydrogen (secondary N) is 1. The van der Waals surface area contributed by atoms with E-state index in [2.05, 4.69) is 21.9 Å². The van der Waals surface area contributed by atoms with Gasteiger partial charge in [0.15, 0.2) is 5.83 Å². The third-order valence-electron chi connectivity index (χ3n) is 2.60. The standard InChI is InChI=1S/C14H11FN4O4/c1-8-5-11(19(21)22)14(17-6-8)23-10-3-4-12(16-7-10)18-13(20)9(2)15/h3-7H,2H2,1H3,(H,16,18,20). The molecule has 2 heterocycles. The lowest BCUT2D eigenvalue weighted by Gasteiger charge is -2.06. The first kappa shape index (κ1) is 16.0. The third kappa shape index (κ3) is 4.06. The Labute approximate surface area is 129 Å². The maximum absolute atomic E-state index is 12.6. The first-order valence-corrected chi connectivity index (χ1v) is 6.27. The van der Waals surface area contributed by atoms with Gasteiger partial charge in [-0.3, -0.25) is 14.9 Å². The molecule has 2 rings (SSSR count). The van der Waals surface area contributed by atoms with Crippen molar-refractivity contribution in [3.63, 3.8) is 0 Å². The van der Waals surface area contributed by atoms with Gasteiger partial charge in [-0.2, -0.15) is 0 Å². The number of ether oxygens (including phenoxy) is 1. The van der Waals surface area contributed by atoms with E-state index in [9.17, 15) is 19.3 Å². The maximum Gasteiger partial charge on any atom is 0.331 e. The zero-order valence-electron chi connectivity index (χ0n) is 11.9. The van der Waals surface area contributed by atoms with Crippen LogP contribution in [0.5, 0.6) is 11.6 Å². The van der Waals surface area contributed by atoms with Crippen LogP contribution in [0, 0.1) is 17.0 Å². The van der Waals surface area contributed by atoms with Crippen LogP contribution in [0.1, 0.15) is 5.56 Å². The second kappa shape index (κ2) is 6.60. The van der Waals surface area contributed by atoms with E-state index < -0.39 is 16.7 Å². The Hall–Kier alpha value is -3.36. The van der Waals surface area contributed by atoms with Crippen LogP contribution in [-0.4, -0.2) is 20.8 Å². The summed E-state index contributed by atoms with van der Waals surface area (Å²) in [7, 11) is 0. The predicted molar refractivity (Wildman–Crippen MR) is 78.8 cm³/mol. The fourth-order valence-corrected chi connectivity index (χ4v) is 1.56. The van der Waals surface area contributed by atoms with E-state index in [0.29, 0.717) is 5.56 Å². The van der Waals surface area contributed by atoms with Crippen LogP contribution in [0.25, 0.3) is 0 Å². The van der Waals surface area contributed by atoms with Crippen LogP contribution < -0.4 is 10.1 Å². The number of halogens is 1. The molecule has 0 saturated carbocycles. The van der Waals surface area contributed by atoms with Gasteiger partial charge in [-0.1, -0.05) is 6.58 Å². The molecule has 0 bridgehead atoms. The van der Waals surface area contributed by atoms with Crippen LogP contribution in [0.4, 0.5) is 15.9 Å². The number of rotatable bonds is 5. The molecule has 0 aliphatic rings. The minimum absolute atomic E-state index is 0.0764. The first-order valence-electron chi connectivity index (χ1n) is 6.27. The minimum atomic E-state index is -1.15. The van der Waals surface area contributed by atoms with Crippen molar-refractivity contribution in [2.24, 2.45) is 0 Å². The van der Waals surface area contributed by atoms with Crippen LogP contribution in [-0.2, 0) is 4.79 Å². The smallest absolute Gasteiger partial charge is 0.331 e. The number of aryl methyl sites for hydroxylation is 1. The predicted octanol–water partition coefficient (Wildman–Crippen LogP) is 2.91. The fraction of sp³-hybridized carbons (Fsp3) is 0.0714. The number of nitrogens with zero attached hydrogens (tertiary/aromatic N) is 3. The molecular formula is C14H11FN4O4. The molecule has 0 unspecified atom stereocenters. The van der Waals surface area contributed by atoms with Crippen LogP contribution in [0.2, 0.25) is 0 Å². The van der Waals surface area contributed by atoms with Crippen molar-refractivity contribution >= 4 is 17.4 Å². The summed E-state index contributed by atoms with van der Waals surface area (Å²) in [6, 6.07) is 4.07. The number of anilines is 1. The van der Waals surface area contributed by atoms with Crippen LogP contribution in [0.15, 0.2) is 43.0 Å². The highest BCUT2D eigenvalue weighted by Gasteiger charge is 2.18. The Morgan fingerprint density at radius 3 is 2.70 bits per heavy atom. The zero-order chi connectivity index (χ0) is 17.0. The van der Waals surface area contributed by atoms with Gasteiger partial charge in [-0.25, -0.2) is 14.4 Å². The molecule has 118 valence electrons. The average Bonchev–Trinajstić information content (AvgIpc) is 2.50. The highest BCUT2D eigenvalue weighted by atomic mass is 19.1. The molecule has 0 fully saturated rings. The van der Waals surface area contributed by atoms with Crippen LogP contribution >= 0.6 is 0 Å². The summed E-state index contributed by atoms with van der Waals surface area (Å²) in [5.41, 5.74) is 0.336. The van der Waals surface area contributed by atoms with E-state index in [1.165, 1.54) is 30.6 Å². The van der Waals surface area contributed by atoms with Gasteiger partial charge in [0.1, 0.15) is 11.6 Å². The molecule has 8 nitrogen and oxygen atoms in total. The average molecular weight is 318 g/mol. The molecule has 1 N–H and O–H groups in total. The summed E-state index contributed by atoms with van der Waals surface area (Å²) in [6.45, 7) is 4.52. The molecule has 0 aliphatic heterocycles. The second-order valence-electron chi connectivity index (χ2n) is 4.43. The SMILES string of the molecule is C=C(F)C(=O)Nc1ccc(Oc2ncc(C)cc2[N+](=O)[O-])cn1. The van der Waals surface area contributed by atoms with Gasteiger partial charge in [0.2, 0.25) is 0 Å². The Kier molecular flexibility index (Phi) is 4.60. The number of hydrogen-bond acceptors (Lipinski definition) is 6. The summed E-state index contributed by atoms with van der Waals surface area (Å²) >= 11 is 0. The first-order chi connectivity index (χ1) is 10.9. The number of carbonyl (C=O) groups excluding carboxylic acids is 1. The van der Waals surface area contributed by atoms with Gasteiger partial charge in [0.25, 0.3) is 11.8 Å². The minimum Gasteiger partial charge on any atom is -0.432 e. The largest absolute Gasteiger partial charge is 0.432 e. The number of carbonyl (C=O) groups is 1. The quantitative estimate of drug-likeness (QED) is 0.516. The Morgan fingerprint density at radius 1 is 1.39 bits per heavy atom. The molecule has 0 aliphatic carbocycles. The molecule has 0 saturated heterocycles. The molecule has 2 aromatic heterocycles. The van der Waals surface area contributed by atoms with E-state index >= 15 is 0 Å². The van der Waals surface area contributed by atoms with Crippen molar-refractivity contribution in [2.45, 2.75) is 6.92 Å². The molecule has 0 spiro atoms. The summed E-state index contributed by atoms with van der Waals surface area (Å²) in [5, 5.41) is 13.1. The van der Waals surface area contributed by atoms with E-state index in [1.807, 2.05) is 0 Å². The topological polar surface area (TPSA) is 107 Å². The van der Waals surface area contributed by atoms with E-state index in [1.54, 1.807) is 6.92 Å². The molecule has 0 radical (unpaired) electrons. The van der Waals surface area contributed by atoms with Crippen molar-refractivity contribution in [2.75, 3.05) is 5.32 Å². The lowest BCUT2D eigenvalue weighted by Crippen LogP contribution is -2.12. The Morgan fingerprint density at radius 2 is 2.13 bits per heavy atom. The van der Waals surface area contributed by atoms with Gasteiger partial charge in [-0.05, 0) is 24.6 Å². The summed E-state index contributed by atoms with van der Waals surface area (Å²) in [6.07, 6.45) is 2.64. The van der Waals surface area contributed by atoms with Gasteiger partial charge in [0, 0.05) is 12.3 Å². The lowest BCUT2D eigenvalue weighted by molar-refractivity contribution is -0.386. The highest BCUT2D eigenvalue weighted by molar-refractivity contribution is 6.00. The molecule has 23 heavy (non-hydrogen) atoms. The number of pyridine rings is 2. The number of aromatic nitrogens is 2. The molecular weight excluding hydrogens is 307 g/mol. The summed E-state index contributed by atoms with van der Waals surface area (Å²) in [4.78, 5) is 29.2. The summed E-state index contributed by atoms with van der Waals surface area (Å²) in [5.74, 6) is -2.10. The van der Waals surface area contributed by atoms with Crippen molar-refractivity contribution in [3.05, 3.63) is 58.7 Å². The number of nitro groups is 1. The molecule has 0 atom stereocenters. The zero-order valence-corrected chi connectivity index (χ0v) is 11.9.